The van der Waals surface area contributed by atoms with Crippen molar-refractivity contribution in [2.75, 3.05) is 4.72 Å². The maximum atomic E-state index is 12.4. The number of sulfonamides is 1. The smallest absolute Gasteiger partial charge is 0.263 e. The average molecular weight is 328 g/mol. The van der Waals surface area contributed by atoms with Gasteiger partial charge in [0.2, 0.25) is 0 Å². The minimum absolute atomic E-state index is 0.136. The molecule has 2 rings (SSSR count). The van der Waals surface area contributed by atoms with Crippen molar-refractivity contribution in [3.05, 3.63) is 40.5 Å². The number of nitrogens with zero attached hydrogens (tertiary/aromatic N) is 1. The fraction of sp³-hybridized carbons (Fsp3) is 0.357. The summed E-state index contributed by atoms with van der Waals surface area (Å²) in [5, 5.41) is 7.21. The predicted octanol–water partition coefficient (Wildman–Crippen LogP) is 3.47. The van der Waals surface area contributed by atoms with Gasteiger partial charge in [0.1, 0.15) is 0 Å². The zero-order chi connectivity index (χ0) is 15.8. The Hall–Kier alpha value is -1.53. The number of H-pyrrole nitrogens is 1. The summed E-state index contributed by atoms with van der Waals surface area (Å²) in [7, 11) is -3.72. The Kier molecular flexibility index (Phi) is 4.04. The van der Waals surface area contributed by atoms with E-state index < -0.39 is 10.0 Å². The van der Waals surface area contributed by atoms with Gasteiger partial charge in [0, 0.05) is 22.2 Å². The van der Waals surface area contributed by atoms with Crippen LogP contribution >= 0.6 is 11.6 Å². The van der Waals surface area contributed by atoms with Crippen molar-refractivity contribution < 1.29 is 8.42 Å². The highest BCUT2D eigenvalue weighted by molar-refractivity contribution is 7.92. The number of benzene rings is 1. The molecule has 0 amide bonds. The van der Waals surface area contributed by atoms with E-state index in [-0.39, 0.29) is 16.1 Å². The topological polar surface area (TPSA) is 74.8 Å². The first-order valence-corrected chi connectivity index (χ1v) is 8.30. The van der Waals surface area contributed by atoms with Crippen molar-refractivity contribution in [2.24, 2.45) is 0 Å². The van der Waals surface area contributed by atoms with Crippen molar-refractivity contribution in [3.63, 3.8) is 0 Å². The Labute approximate surface area is 129 Å². The number of rotatable bonds is 3. The highest BCUT2D eigenvalue weighted by atomic mass is 35.5. The maximum absolute atomic E-state index is 12.4. The minimum atomic E-state index is -3.72. The monoisotopic (exact) mass is 327 g/mol. The molecule has 2 aromatic rings. The summed E-state index contributed by atoms with van der Waals surface area (Å²) in [5.41, 5.74) is 1.34. The van der Waals surface area contributed by atoms with Crippen LogP contribution in [0.1, 0.15) is 32.0 Å². The normalized spacial score (nSPS) is 12.4. The van der Waals surface area contributed by atoms with Gasteiger partial charge in [0.05, 0.1) is 4.90 Å². The van der Waals surface area contributed by atoms with Gasteiger partial charge in [-0.1, -0.05) is 38.4 Å². The summed E-state index contributed by atoms with van der Waals surface area (Å²) < 4.78 is 27.3. The van der Waals surface area contributed by atoms with E-state index in [1.807, 2.05) is 20.8 Å². The van der Waals surface area contributed by atoms with Crippen LogP contribution in [0.2, 0.25) is 5.02 Å². The van der Waals surface area contributed by atoms with Crippen molar-refractivity contribution in [1.29, 1.82) is 0 Å². The largest absolute Gasteiger partial charge is 0.280 e. The van der Waals surface area contributed by atoms with Crippen molar-refractivity contribution in [1.82, 2.24) is 10.2 Å². The van der Waals surface area contributed by atoms with E-state index in [1.54, 1.807) is 25.1 Å². The molecule has 1 aromatic carbocycles. The number of aromatic nitrogens is 2. The van der Waals surface area contributed by atoms with E-state index in [2.05, 4.69) is 14.9 Å². The lowest BCUT2D eigenvalue weighted by Gasteiger charge is -2.14. The quantitative estimate of drug-likeness (QED) is 0.906. The Morgan fingerprint density at radius 2 is 1.90 bits per heavy atom. The maximum Gasteiger partial charge on any atom is 0.263 e. The van der Waals surface area contributed by atoms with E-state index in [0.29, 0.717) is 10.6 Å². The molecule has 7 heteroatoms. The SMILES string of the molecule is Cc1ccc(Cl)cc1S(=O)(=O)Nc1cc(C(C)(C)C)[nH]n1. The first-order valence-electron chi connectivity index (χ1n) is 6.44. The van der Waals surface area contributed by atoms with E-state index in [0.717, 1.165) is 5.69 Å². The minimum Gasteiger partial charge on any atom is -0.280 e. The van der Waals surface area contributed by atoms with Gasteiger partial charge in [-0.25, -0.2) is 8.42 Å². The molecule has 0 saturated heterocycles. The van der Waals surface area contributed by atoms with Gasteiger partial charge in [-0.05, 0) is 24.6 Å². The summed E-state index contributed by atoms with van der Waals surface area (Å²) in [5.74, 6) is 0.263. The number of aryl methyl sites for hydroxylation is 1. The van der Waals surface area contributed by atoms with E-state index in [4.69, 9.17) is 11.6 Å². The molecule has 0 atom stereocenters. The molecule has 2 N–H and O–H groups in total. The van der Waals surface area contributed by atoms with Crippen LogP contribution in [0.4, 0.5) is 5.82 Å². The summed E-state index contributed by atoms with van der Waals surface area (Å²) in [6.45, 7) is 7.76. The third-order valence-electron chi connectivity index (χ3n) is 3.06. The first kappa shape index (κ1) is 15.9. The number of aromatic amines is 1. The van der Waals surface area contributed by atoms with E-state index >= 15 is 0 Å². The lowest BCUT2D eigenvalue weighted by Crippen LogP contribution is -2.14. The molecule has 0 unspecified atom stereocenters. The van der Waals surface area contributed by atoms with Gasteiger partial charge in [0.25, 0.3) is 10.0 Å². The molecular weight excluding hydrogens is 310 g/mol. The molecule has 0 saturated carbocycles. The van der Waals surface area contributed by atoms with Gasteiger partial charge in [0.15, 0.2) is 5.82 Å². The average Bonchev–Trinajstić information content (AvgIpc) is 2.79. The van der Waals surface area contributed by atoms with Crippen LogP contribution < -0.4 is 4.72 Å². The van der Waals surface area contributed by atoms with Gasteiger partial charge in [-0.2, -0.15) is 5.10 Å². The molecule has 114 valence electrons. The lowest BCUT2D eigenvalue weighted by molar-refractivity contribution is 0.567. The van der Waals surface area contributed by atoms with Gasteiger partial charge >= 0.3 is 0 Å². The summed E-state index contributed by atoms with van der Waals surface area (Å²) >= 11 is 5.88. The number of hydrogen-bond donors (Lipinski definition) is 2. The van der Waals surface area contributed by atoms with Crippen LogP contribution in [0.5, 0.6) is 0 Å². The van der Waals surface area contributed by atoms with Gasteiger partial charge < -0.3 is 0 Å². The first-order chi connectivity index (χ1) is 9.59. The van der Waals surface area contributed by atoms with Crippen LogP contribution in [-0.2, 0) is 15.4 Å². The van der Waals surface area contributed by atoms with Crippen LogP contribution in [0.3, 0.4) is 0 Å². The molecule has 5 nitrogen and oxygen atoms in total. The van der Waals surface area contributed by atoms with Crippen LogP contribution in [0.25, 0.3) is 0 Å². The Morgan fingerprint density at radius 1 is 1.24 bits per heavy atom. The second-order valence-electron chi connectivity index (χ2n) is 5.93. The molecule has 0 radical (unpaired) electrons. The summed E-state index contributed by atoms with van der Waals surface area (Å²) in [6.07, 6.45) is 0. The molecule has 0 aliphatic rings. The van der Waals surface area contributed by atoms with Crippen molar-refractivity contribution in [2.45, 2.75) is 38.0 Å². The fourth-order valence-corrected chi connectivity index (χ4v) is 3.31. The highest BCUT2D eigenvalue weighted by Gasteiger charge is 2.21. The lowest BCUT2D eigenvalue weighted by atomic mass is 9.92. The molecular formula is C14H18ClN3O2S. The highest BCUT2D eigenvalue weighted by Crippen LogP contribution is 2.25. The molecule has 0 aliphatic heterocycles. The van der Waals surface area contributed by atoms with E-state index in [1.165, 1.54) is 6.07 Å². The molecule has 1 heterocycles. The number of anilines is 1. The second-order valence-corrected chi connectivity index (χ2v) is 8.02. The molecule has 21 heavy (non-hydrogen) atoms. The third-order valence-corrected chi connectivity index (χ3v) is 4.80. The fourth-order valence-electron chi connectivity index (χ4n) is 1.81. The van der Waals surface area contributed by atoms with Crippen LogP contribution in [0, 0.1) is 6.92 Å². The van der Waals surface area contributed by atoms with Crippen molar-refractivity contribution in [3.8, 4) is 0 Å². The molecule has 0 spiro atoms. The Bertz CT molecular complexity index is 761. The number of halogens is 1. The molecule has 0 bridgehead atoms. The summed E-state index contributed by atoms with van der Waals surface area (Å²) in [6, 6.07) is 6.44. The number of hydrogen-bond acceptors (Lipinski definition) is 3. The molecule has 0 aliphatic carbocycles. The molecule has 1 aromatic heterocycles. The summed E-state index contributed by atoms with van der Waals surface area (Å²) in [4.78, 5) is 0.148. The molecule has 0 fully saturated rings. The Morgan fingerprint density at radius 3 is 2.48 bits per heavy atom. The Balaban J connectivity index is 2.34. The zero-order valence-electron chi connectivity index (χ0n) is 12.4. The van der Waals surface area contributed by atoms with Crippen LogP contribution in [-0.4, -0.2) is 18.6 Å². The number of nitrogens with one attached hydrogen (secondary N) is 2. The predicted molar refractivity (Wildman–Crippen MR) is 84.3 cm³/mol. The van der Waals surface area contributed by atoms with Crippen molar-refractivity contribution >= 4 is 27.4 Å². The van der Waals surface area contributed by atoms with E-state index in [9.17, 15) is 8.42 Å². The van der Waals surface area contributed by atoms with Gasteiger partial charge in [-0.3, -0.25) is 9.82 Å². The van der Waals surface area contributed by atoms with Crippen LogP contribution in [0.15, 0.2) is 29.2 Å². The standard InChI is InChI=1S/C14H18ClN3O2S/c1-9-5-6-10(15)7-11(9)21(19,20)18-13-8-12(16-17-13)14(2,3)4/h5-8H,1-4H3,(H2,16,17,18). The third kappa shape index (κ3) is 3.57. The van der Waals surface area contributed by atoms with Gasteiger partial charge in [-0.15, -0.1) is 0 Å². The second kappa shape index (κ2) is 5.35. The zero-order valence-corrected chi connectivity index (χ0v) is 13.9.